The molecule has 0 heterocycles. The van der Waals surface area contributed by atoms with Crippen molar-refractivity contribution in [3.63, 3.8) is 0 Å². The Labute approximate surface area is 109 Å². The molecule has 0 aliphatic carbocycles. The second-order valence-electron chi connectivity index (χ2n) is 4.95. The minimum Gasteiger partial charge on any atom is -0.389 e. The van der Waals surface area contributed by atoms with Gasteiger partial charge < -0.3 is 10.4 Å². The van der Waals surface area contributed by atoms with Crippen molar-refractivity contribution in [1.29, 1.82) is 0 Å². The van der Waals surface area contributed by atoms with Crippen molar-refractivity contribution >= 4 is 11.6 Å². The summed E-state index contributed by atoms with van der Waals surface area (Å²) < 4.78 is 0. The topological polar surface area (TPSA) is 32.3 Å². The van der Waals surface area contributed by atoms with Gasteiger partial charge in [0.2, 0.25) is 0 Å². The lowest BCUT2D eigenvalue weighted by atomic mass is 10.0. The fourth-order valence-corrected chi connectivity index (χ4v) is 2.19. The number of rotatable bonds is 6. The van der Waals surface area contributed by atoms with Gasteiger partial charge in [0.25, 0.3) is 0 Å². The molecule has 0 aliphatic heterocycles. The van der Waals surface area contributed by atoms with E-state index in [1.807, 2.05) is 32.0 Å². The zero-order chi connectivity index (χ0) is 12.9. The fraction of sp³-hybridized carbons (Fsp3) is 0.571. The summed E-state index contributed by atoms with van der Waals surface area (Å²) in [6.45, 7) is 7.24. The SMILES string of the molecule is CCCC(C)(O)CNCc1ccc(C)cc1Cl. The Morgan fingerprint density at radius 3 is 2.71 bits per heavy atom. The molecule has 0 radical (unpaired) electrons. The first-order chi connectivity index (χ1) is 7.94. The molecule has 0 amide bonds. The van der Waals surface area contributed by atoms with Crippen LogP contribution >= 0.6 is 11.6 Å². The van der Waals surface area contributed by atoms with Gasteiger partial charge in [-0.05, 0) is 37.5 Å². The van der Waals surface area contributed by atoms with E-state index in [1.165, 1.54) is 0 Å². The lowest BCUT2D eigenvalue weighted by Gasteiger charge is -2.23. The third-order valence-corrected chi connectivity index (χ3v) is 3.17. The van der Waals surface area contributed by atoms with E-state index in [0.717, 1.165) is 29.0 Å². The highest BCUT2D eigenvalue weighted by molar-refractivity contribution is 6.31. The molecule has 1 aromatic carbocycles. The second-order valence-corrected chi connectivity index (χ2v) is 5.35. The Balaban J connectivity index is 2.46. The molecule has 1 unspecified atom stereocenters. The quantitative estimate of drug-likeness (QED) is 0.818. The van der Waals surface area contributed by atoms with Gasteiger partial charge >= 0.3 is 0 Å². The van der Waals surface area contributed by atoms with Crippen LogP contribution in [0.2, 0.25) is 5.02 Å². The van der Waals surface area contributed by atoms with Crippen molar-refractivity contribution in [2.75, 3.05) is 6.54 Å². The minimum atomic E-state index is -0.633. The highest BCUT2D eigenvalue weighted by atomic mass is 35.5. The third-order valence-electron chi connectivity index (χ3n) is 2.82. The number of hydrogen-bond acceptors (Lipinski definition) is 2. The maximum atomic E-state index is 10.0. The first-order valence-corrected chi connectivity index (χ1v) is 6.50. The van der Waals surface area contributed by atoms with Crippen molar-refractivity contribution in [3.05, 3.63) is 34.3 Å². The third kappa shape index (κ3) is 5.07. The largest absolute Gasteiger partial charge is 0.389 e. The number of hydrogen-bond donors (Lipinski definition) is 2. The first kappa shape index (κ1) is 14.5. The molecular formula is C14H22ClNO. The molecule has 0 aliphatic rings. The summed E-state index contributed by atoms with van der Waals surface area (Å²) in [5.74, 6) is 0. The molecule has 0 saturated heterocycles. The predicted octanol–water partition coefficient (Wildman–Crippen LogP) is 3.29. The standard InChI is InChI=1S/C14H22ClNO/c1-4-7-14(3,17)10-16-9-12-6-5-11(2)8-13(12)15/h5-6,8,16-17H,4,7,9-10H2,1-3H3. The molecule has 0 fully saturated rings. The highest BCUT2D eigenvalue weighted by Gasteiger charge is 2.18. The van der Waals surface area contributed by atoms with E-state index in [2.05, 4.69) is 12.2 Å². The van der Waals surface area contributed by atoms with Crippen molar-refractivity contribution in [2.24, 2.45) is 0 Å². The summed E-state index contributed by atoms with van der Waals surface area (Å²) in [5.41, 5.74) is 1.60. The Bertz CT molecular complexity index is 363. The first-order valence-electron chi connectivity index (χ1n) is 6.13. The van der Waals surface area contributed by atoms with E-state index in [1.54, 1.807) is 0 Å². The molecule has 17 heavy (non-hydrogen) atoms. The zero-order valence-corrected chi connectivity index (χ0v) is 11.6. The lowest BCUT2D eigenvalue weighted by Crippen LogP contribution is -2.37. The van der Waals surface area contributed by atoms with Gasteiger partial charge in [0.1, 0.15) is 0 Å². The Hall–Kier alpha value is -0.570. The number of benzene rings is 1. The van der Waals surface area contributed by atoms with Crippen LogP contribution in [0.1, 0.15) is 37.8 Å². The van der Waals surface area contributed by atoms with Crippen LogP contribution in [-0.2, 0) is 6.54 Å². The van der Waals surface area contributed by atoms with Crippen LogP contribution in [0.15, 0.2) is 18.2 Å². The van der Waals surface area contributed by atoms with Crippen LogP contribution in [0, 0.1) is 6.92 Å². The van der Waals surface area contributed by atoms with E-state index >= 15 is 0 Å². The Morgan fingerprint density at radius 1 is 1.41 bits per heavy atom. The van der Waals surface area contributed by atoms with Crippen LogP contribution in [-0.4, -0.2) is 17.3 Å². The van der Waals surface area contributed by atoms with Gasteiger partial charge in [-0.25, -0.2) is 0 Å². The van der Waals surface area contributed by atoms with Gasteiger partial charge in [-0.1, -0.05) is 37.1 Å². The highest BCUT2D eigenvalue weighted by Crippen LogP contribution is 2.17. The average molecular weight is 256 g/mol. The van der Waals surface area contributed by atoms with Gasteiger partial charge in [-0.15, -0.1) is 0 Å². The summed E-state index contributed by atoms with van der Waals surface area (Å²) >= 11 is 6.14. The number of nitrogens with one attached hydrogen (secondary N) is 1. The monoisotopic (exact) mass is 255 g/mol. The normalized spacial score (nSPS) is 14.6. The zero-order valence-electron chi connectivity index (χ0n) is 10.9. The van der Waals surface area contributed by atoms with Crippen molar-refractivity contribution in [3.8, 4) is 0 Å². The fourth-order valence-electron chi connectivity index (χ4n) is 1.89. The molecule has 0 aromatic heterocycles. The molecule has 0 bridgehead atoms. The van der Waals surface area contributed by atoms with Gasteiger partial charge in [0.15, 0.2) is 0 Å². The second kappa shape index (κ2) is 6.39. The van der Waals surface area contributed by atoms with E-state index < -0.39 is 5.60 Å². The number of aryl methyl sites for hydroxylation is 1. The van der Waals surface area contributed by atoms with Crippen LogP contribution < -0.4 is 5.32 Å². The molecule has 96 valence electrons. The number of aliphatic hydroxyl groups is 1. The van der Waals surface area contributed by atoms with Gasteiger partial charge in [-0.2, -0.15) is 0 Å². The molecule has 3 heteroatoms. The van der Waals surface area contributed by atoms with Crippen molar-refractivity contribution in [2.45, 2.75) is 45.8 Å². The molecule has 1 atom stereocenters. The van der Waals surface area contributed by atoms with Crippen molar-refractivity contribution < 1.29 is 5.11 Å². The molecule has 0 saturated carbocycles. The molecular weight excluding hydrogens is 234 g/mol. The number of halogens is 1. The molecule has 0 spiro atoms. The van der Waals surface area contributed by atoms with Crippen LogP contribution in [0.25, 0.3) is 0 Å². The van der Waals surface area contributed by atoms with E-state index in [-0.39, 0.29) is 0 Å². The molecule has 2 N–H and O–H groups in total. The minimum absolute atomic E-state index is 0.588. The smallest absolute Gasteiger partial charge is 0.0743 e. The van der Waals surface area contributed by atoms with E-state index in [4.69, 9.17) is 11.6 Å². The van der Waals surface area contributed by atoms with Gasteiger partial charge in [-0.3, -0.25) is 0 Å². The predicted molar refractivity (Wildman–Crippen MR) is 73.4 cm³/mol. The van der Waals surface area contributed by atoms with Gasteiger partial charge in [0, 0.05) is 18.1 Å². The van der Waals surface area contributed by atoms with Crippen LogP contribution in [0.5, 0.6) is 0 Å². The van der Waals surface area contributed by atoms with Crippen LogP contribution in [0.3, 0.4) is 0 Å². The van der Waals surface area contributed by atoms with Crippen LogP contribution in [0.4, 0.5) is 0 Å². The lowest BCUT2D eigenvalue weighted by molar-refractivity contribution is 0.0498. The summed E-state index contributed by atoms with van der Waals surface area (Å²) in [6.07, 6.45) is 1.79. The molecule has 1 rings (SSSR count). The average Bonchev–Trinajstić information content (AvgIpc) is 2.21. The Kier molecular flexibility index (Phi) is 5.44. The van der Waals surface area contributed by atoms with Crippen molar-refractivity contribution in [1.82, 2.24) is 5.32 Å². The van der Waals surface area contributed by atoms with E-state index in [9.17, 15) is 5.11 Å². The Morgan fingerprint density at radius 2 is 2.12 bits per heavy atom. The maximum Gasteiger partial charge on any atom is 0.0743 e. The molecule has 1 aromatic rings. The van der Waals surface area contributed by atoms with Gasteiger partial charge in [0.05, 0.1) is 5.60 Å². The van der Waals surface area contributed by atoms with E-state index in [0.29, 0.717) is 13.1 Å². The maximum absolute atomic E-state index is 10.0. The summed E-state index contributed by atoms with van der Waals surface area (Å²) in [5, 5.41) is 14.0. The summed E-state index contributed by atoms with van der Waals surface area (Å²) in [4.78, 5) is 0. The summed E-state index contributed by atoms with van der Waals surface area (Å²) in [6, 6.07) is 6.04. The summed E-state index contributed by atoms with van der Waals surface area (Å²) in [7, 11) is 0. The molecule has 2 nitrogen and oxygen atoms in total.